The Kier molecular flexibility index (Phi) is 8.87. The number of amides is 1. The number of hydrogen-bond donors (Lipinski definition) is 3. The van der Waals surface area contributed by atoms with Crippen molar-refractivity contribution in [2.75, 3.05) is 13.1 Å². The van der Waals surface area contributed by atoms with E-state index in [1.165, 1.54) is 11.1 Å². The minimum absolute atomic E-state index is 0.0333. The molecule has 0 saturated heterocycles. The van der Waals surface area contributed by atoms with Crippen molar-refractivity contribution in [3.63, 3.8) is 0 Å². The van der Waals surface area contributed by atoms with Crippen molar-refractivity contribution in [2.24, 2.45) is 17.4 Å². The average Bonchev–Trinajstić information content (AvgIpc) is 2.69. The lowest BCUT2D eigenvalue weighted by atomic mass is 9.92. The molecule has 140 valence electrons. The SMILES string of the molecule is NCCC[C@H](N)CNC(=O)C(CCc1ccccc1)Cc1ccccc1. The van der Waals surface area contributed by atoms with Gasteiger partial charge in [0.2, 0.25) is 5.91 Å². The van der Waals surface area contributed by atoms with Crippen LogP contribution in [-0.2, 0) is 17.6 Å². The highest BCUT2D eigenvalue weighted by Crippen LogP contribution is 2.16. The molecule has 26 heavy (non-hydrogen) atoms. The van der Waals surface area contributed by atoms with Gasteiger partial charge < -0.3 is 16.8 Å². The molecule has 2 rings (SSSR count). The van der Waals surface area contributed by atoms with Crippen LogP contribution in [0.2, 0.25) is 0 Å². The van der Waals surface area contributed by atoms with Gasteiger partial charge in [0.15, 0.2) is 0 Å². The molecule has 4 heteroatoms. The molecule has 0 aliphatic carbocycles. The molecule has 0 heterocycles. The summed E-state index contributed by atoms with van der Waals surface area (Å²) >= 11 is 0. The van der Waals surface area contributed by atoms with Crippen molar-refractivity contribution in [1.29, 1.82) is 0 Å². The molecule has 0 saturated carbocycles. The smallest absolute Gasteiger partial charge is 0.223 e. The molecule has 2 aromatic carbocycles. The van der Waals surface area contributed by atoms with E-state index in [1.807, 2.05) is 36.4 Å². The van der Waals surface area contributed by atoms with Gasteiger partial charge in [0.05, 0.1) is 0 Å². The predicted octanol–water partition coefficient (Wildman–Crippen LogP) is 2.66. The number of carbonyl (C=O) groups excluding carboxylic acids is 1. The third-order valence-corrected chi connectivity index (χ3v) is 4.64. The van der Waals surface area contributed by atoms with Crippen molar-refractivity contribution in [3.8, 4) is 0 Å². The molecule has 5 N–H and O–H groups in total. The van der Waals surface area contributed by atoms with Crippen molar-refractivity contribution >= 4 is 5.91 Å². The Morgan fingerprint density at radius 1 is 0.923 bits per heavy atom. The van der Waals surface area contributed by atoms with E-state index < -0.39 is 0 Å². The molecule has 4 nitrogen and oxygen atoms in total. The fourth-order valence-electron chi connectivity index (χ4n) is 3.07. The van der Waals surface area contributed by atoms with Crippen LogP contribution >= 0.6 is 0 Å². The van der Waals surface area contributed by atoms with Gasteiger partial charge >= 0.3 is 0 Å². The number of hydrogen-bond acceptors (Lipinski definition) is 3. The largest absolute Gasteiger partial charge is 0.354 e. The van der Waals surface area contributed by atoms with Gasteiger partial charge in [-0.3, -0.25) is 4.79 Å². The maximum absolute atomic E-state index is 12.8. The fraction of sp³-hybridized carbons (Fsp3) is 0.409. The first-order chi connectivity index (χ1) is 12.7. The second-order valence-electron chi connectivity index (χ2n) is 6.85. The average molecular weight is 354 g/mol. The number of rotatable bonds is 11. The van der Waals surface area contributed by atoms with Crippen molar-refractivity contribution in [3.05, 3.63) is 71.8 Å². The van der Waals surface area contributed by atoms with Gasteiger partial charge in [-0.25, -0.2) is 0 Å². The molecule has 0 aromatic heterocycles. The Morgan fingerprint density at radius 3 is 2.15 bits per heavy atom. The van der Waals surface area contributed by atoms with E-state index in [0.717, 1.165) is 32.1 Å². The van der Waals surface area contributed by atoms with Gasteiger partial charge in [-0.2, -0.15) is 0 Å². The van der Waals surface area contributed by atoms with E-state index >= 15 is 0 Å². The molecule has 0 aliphatic rings. The standard InChI is InChI=1S/C22H31N3O/c23-15-7-12-21(24)17-25-22(26)20(16-19-10-5-2-6-11-19)14-13-18-8-3-1-4-9-18/h1-6,8-11,20-21H,7,12-17,23-24H2,(H,25,26)/t20?,21-/m0/s1. The first kappa shape index (κ1) is 20.1. The first-order valence-electron chi connectivity index (χ1n) is 9.50. The van der Waals surface area contributed by atoms with Gasteiger partial charge in [0.25, 0.3) is 0 Å². The summed E-state index contributed by atoms with van der Waals surface area (Å²) in [5.74, 6) is 0.0345. The van der Waals surface area contributed by atoms with Crippen LogP contribution in [0.15, 0.2) is 60.7 Å². The molecule has 0 bridgehead atoms. The predicted molar refractivity (Wildman–Crippen MR) is 108 cm³/mol. The Morgan fingerprint density at radius 2 is 1.54 bits per heavy atom. The summed E-state index contributed by atoms with van der Waals surface area (Å²) in [6.45, 7) is 1.14. The van der Waals surface area contributed by atoms with Crippen LogP contribution in [-0.4, -0.2) is 25.0 Å². The minimum Gasteiger partial charge on any atom is -0.354 e. The summed E-state index contributed by atoms with van der Waals surface area (Å²) in [6.07, 6.45) is 4.19. The zero-order chi connectivity index (χ0) is 18.6. The number of nitrogens with one attached hydrogen (secondary N) is 1. The topological polar surface area (TPSA) is 81.1 Å². The summed E-state index contributed by atoms with van der Waals surface area (Å²) in [5.41, 5.74) is 14.0. The lowest BCUT2D eigenvalue weighted by Crippen LogP contribution is -2.40. The van der Waals surface area contributed by atoms with Gasteiger partial charge in [-0.15, -0.1) is 0 Å². The monoisotopic (exact) mass is 353 g/mol. The van der Waals surface area contributed by atoms with Crippen LogP contribution < -0.4 is 16.8 Å². The first-order valence-corrected chi connectivity index (χ1v) is 9.50. The normalized spacial score (nSPS) is 13.2. The molecule has 0 spiro atoms. The Hall–Kier alpha value is -2.17. The molecule has 0 aliphatic heterocycles. The maximum atomic E-state index is 12.8. The van der Waals surface area contributed by atoms with Gasteiger partial charge in [-0.05, 0) is 49.8 Å². The lowest BCUT2D eigenvalue weighted by Gasteiger charge is -2.19. The molecule has 1 unspecified atom stereocenters. The highest BCUT2D eigenvalue weighted by Gasteiger charge is 2.19. The second kappa shape index (κ2) is 11.4. The summed E-state index contributed by atoms with van der Waals surface area (Å²) in [4.78, 5) is 12.8. The third-order valence-electron chi connectivity index (χ3n) is 4.64. The van der Waals surface area contributed by atoms with Crippen molar-refractivity contribution in [2.45, 2.75) is 38.1 Å². The molecule has 0 radical (unpaired) electrons. The van der Waals surface area contributed by atoms with Crippen molar-refractivity contribution < 1.29 is 4.79 Å². The van der Waals surface area contributed by atoms with Crippen LogP contribution in [0.5, 0.6) is 0 Å². The number of aryl methyl sites for hydroxylation is 1. The van der Waals surface area contributed by atoms with E-state index in [1.54, 1.807) is 0 Å². The maximum Gasteiger partial charge on any atom is 0.223 e. The van der Waals surface area contributed by atoms with Crippen LogP contribution in [0, 0.1) is 5.92 Å². The molecule has 2 aromatic rings. The summed E-state index contributed by atoms with van der Waals surface area (Å²) < 4.78 is 0. The number of benzene rings is 2. The van der Waals surface area contributed by atoms with Crippen LogP contribution in [0.4, 0.5) is 0 Å². The van der Waals surface area contributed by atoms with E-state index in [2.05, 4.69) is 29.6 Å². The highest BCUT2D eigenvalue weighted by atomic mass is 16.1. The van der Waals surface area contributed by atoms with Gasteiger partial charge in [0.1, 0.15) is 0 Å². The van der Waals surface area contributed by atoms with E-state index in [9.17, 15) is 4.79 Å². The molecule has 2 atom stereocenters. The quantitative estimate of drug-likeness (QED) is 0.581. The third kappa shape index (κ3) is 7.38. The Bertz CT molecular complexity index is 630. The molecule has 0 fully saturated rings. The molecular formula is C22H31N3O. The highest BCUT2D eigenvalue weighted by molar-refractivity contribution is 5.79. The zero-order valence-electron chi connectivity index (χ0n) is 15.4. The summed E-state index contributed by atoms with van der Waals surface area (Å²) in [6, 6.07) is 20.5. The Balaban J connectivity index is 1.93. The summed E-state index contributed by atoms with van der Waals surface area (Å²) in [5, 5.41) is 3.04. The molecular weight excluding hydrogens is 322 g/mol. The summed E-state index contributed by atoms with van der Waals surface area (Å²) in [7, 11) is 0. The number of nitrogens with two attached hydrogens (primary N) is 2. The minimum atomic E-state index is -0.0562. The lowest BCUT2D eigenvalue weighted by molar-refractivity contribution is -0.125. The number of carbonyl (C=O) groups is 1. The van der Waals surface area contributed by atoms with Crippen LogP contribution in [0.1, 0.15) is 30.4 Å². The van der Waals surface area contributed by atoms with E-state index in [-0.39, 0.29) is 17.9 Å². The van der Waals surface area contributed by atoms with E-state index in [0.29, 0.717) is 13.1 Å². The zero-order valence-corrected chi connectivity index (χ0v) is 15.4. The second-order valence-corrected chi connectivity index (χ2v) is 6.85. The van der Waals surface area contributed by atoms with Gasteiger partial charge in [-0.1, -0.05) is 60.7 Å². The Labute approximate surface area is 157 Å². The molecule has 1 amide bonds. The van der Waals surface area contributed by atoms with Crippen LogP contribution in [0.25, 0.3) is 0 Å². The van der Waals surface area contributed by atoms with Crippen molar-refractivity contribution in [1.82, 2.24) is 5.32 Å². The van der Waals surface area contributed by atoms with Gasteiger partial charge in [0, 0.05) is 18.5 Å². The van der Waals surface area contributed by atoms with Crippen LogP contribution in [0.3, 0.4) is 0 Å². The van der Waals surface area contributed by atoms with E-state index in [4.69, 9.17) is 11.5 Å². The fourth-order valence-corrected chi connectivity index (χ4v) is 3.07.